The minimum atomic E-state index is -3.90. The number of carbonyl (C=O) groups is 2. The summed E-state index contributed by atoms with van der Waals surface area (Å²) in [5.74, 6) is -1.41. The molecule has 1 aliphatic rings. The maximum absolute atomic E-state index is 13.7. The predicted octanol–water partition coefficient (Wildman–Crippen LogP) is 3.52. The van der Waals surface area contributed by atoms with Gasteiger partial charge in [0.25, 0.3) is 5.91 Å². The summed E-state index contributed by atoms with van der Waals surface area (Å²) in [6, 6.07) is 12.7. The summed E-state index contributed by atoms with van der Waals surface area (Å²) in [5.41, 5.74) is 2.63. The number of nitrogens with zero attached hydrogens (tertiary/aromatic N) is 2. The average molecular weight is 539 g/mol. The molecule has 1 fully saturated rings. The predicted molar refractivity (Wildman–Crippen MR) is 141 cm³/mol. The summed E-state index contributed by atoms with van der Waals surface area (Å²) in [7, 11) is -3.90. The molecule has 8 nitrogen and oxygen atoms in total. The van der Waals surface area contributed by atoms with Gasteiger partial charge in [-0.2, -0.15) is 4.72 Å². The molecule has 1 saturated heterocycles. The highest BCUT2D eigenvalue weighted by Crippen LogP contribution is 2.37. The first-order valence-electron chi connectivity index (χ1n) is 12.4. The van der Waals surface area contributed by atoms with Gasteiger partial charge < -0.3 is 10.2 Å². The van der Waals surface area contributed by atoms with Crippen molar-refractivity contribution >= 4 is 21.8 Å². The molecule has 38 heavy (non-hydrogen) atoms. The van der Waals surface area contributed by atoms with Crippen molar-refractivity contribution in [3.63, 3.8) is 0 Å². The van der Waals surface area contributed by atoms with Crippen molar-refractivity contribution in [1.82, 2.24) is 19.9 Å². The molecular weight excluding hydrogens is 507 g/mol. The van der Waals surface area contributed by atoms with E-state index in [-0.39, 0.29) is 28.8 Å². The Kier molecular flexibility index (Phi) is 8.23. The fourth-order valence-electron chi connectivity index (χ4n) is 4.80. The van der Waals surface area contributed by atoms with Crippen LogP contribution in [0.15, 0.2) is 71.9 Å². The van der Waals surface area contributed by atoms with E-state index < -0.39 is 33.8 Å². The van der Waals surface area contributed by atoms with Crippen molar-refractivity contribution < 1.29 is 22.4 Å². The van der Waals surface area contributed by atoms with Gasteiger partial charge in [0.05, 0.1) is 17.0 Å². The number of likely N-dealkylation sites (tertiary alicyclic amines) is 1. The number of pyridine rings is 1. The van der Waals surface area contributed by atoms with Gasteiger partial charge in [-0.25, -0.2) is 12.8 Å². The van der Waals surface area contributed by atoms with Gasteiger partial charge in [0, 0.05) is 37.0 Å². The molecule has 0 bridgehead atoms. The Balaban J connectivity index is 1.51. The van der Waals surface area contributed by atoms with Gasteiger partial charge in [-0.1, -0.05) is 29.8 Å². The molecule has 0 saturated carbocycles. The van der Waals surface area contributed by atoms with Gasteiger partial charge in [0.1, 0.15) is 5.82 Å². The van der Waals surface area contributed by atoms with E-state index >= 15 is 0 Å². The van der Waals surface area contributed by atoms with Crippen LogP contribution in [-0.2, 0) is 14.8 Å². The summed E-state index contributed by atoms with van der Waals surface area (Å²) >= 11 is 0. The fraction of sp³-hybridized carbons (Fsp3) is 0.321. The molecule has 2 amide bonds. The van der Waals surface area contributed by atoms with Gasteiger partial charge in [-0.15, -0.1) is 0 Å². The van der Waals surface area contributed by atoms with E-state index in [0.29, 0.717) is 18.5 Å². The molecule has 3 atom stereocenters. The molecule has 2 unspecified atom stereocenters. The second-order valence-corrected chi connectivity index (χ2v) is 11.4. The van der Waals surface area contributed by atoms with Crippen LogP contribution in [0.1, 0.15) is 46.4 Å². The Morgan fingerprint density at radius 2 is 1.87 bits per heavy atom. The van der Waals surface area contributed by atoms with Crippen LogP contribution < -0.4 is 10.0 Å². The number of hydrogen-bond acceptors (Lipinski definition) is 5. The zero-order valence-electron chi connectivity index (χ0n) is 21.5. The van der Waals surface area contributed by atoms with Gasteiger partial charge >= 0.3 is 0 Å². The summed E-state index contributed by atoms with van der Waals surface area (Å²) in [4.78, 5) is 32.3. The molecule has 10 heteroatoms. The van der Waals surface area contributed by atoms with E-state index in [1.54, 1.807) is 48.5 Å². The first-order valence-corrected chi connectivity index (χ1v) is 13.9. The number of sulfonamides is 1. The summed E-state index contributed by atoms with van der Waals surface area (Å²) < 4.78 is 42.0. The van der Waals surface area contributed by atoms with Crippen LogP contribution in [0.4, 0.5) is 4.39 Å². The van der Waals surface area contributed by atoms with Gasteiger partial charge in [0.15, 0.2) is 0 Å². The van der Waals surface area contributed by atoms with Crippen LogP contribution in [0, 0.1) is 25.6 Å². The molecule has 2 N–H and O–H groups in total. The minimum absolute atomic E-state index is 0.0845. The number of halogens is 1. The van der Waals surface area contributed by atoms with E-state index in [2.05, 4.69) is 15.0 Å². The Morgan fingerprint density at radius 1 is 1.13 bits per heavy atom. The third-order valence-electron chi connectivity index (χ3n) is 6.83. The third-order valence-corrected chi connectivity index (χ3v) is 8.39. The number of rotatable bonds is 8. The van der Waals surface area contributed by atoms with Gasteiger partial charge in [-0.05, 0) is 68.7 Å². The molecule has 2 aromatic carbocycles. The molecule has 200 valence electrons. The number of aromatic nitrogens is 1. The first kappa shape index (κ1) is 27.4. The smallest absolute Gasteiger partial charge is 0.251 e. The molecule has 3 aromatic rings. The number of benzene rings is 2. The zero-order valence-corrected chi connectivity index (χ0v) is 22.3. The zero-order chi connectivity index (χ0) is 27.4. The first-order chi connectivity index (χ1) is 18.1. The van der Waals surface area contributed by atoms with Crippen LogP contribution >= 0.6 is 0 Å². The van der Waals surface area contributed by atoms with Crippen LogP contribution in [0.3, 0.4) is 0 Å². The topological polar surface area (TPSA) is 108 Å². The monoisotopic (exact) mass is 538 g/mol. The highest BCUT2D eigenvalue weighted by atomic mass is 32.2. The second kappa shape index (κ2) is 11.4. The van der Waals surface area contributed by atoms with Crippen molar-refractivity contribution in [1.29, 1.82) is 0 Å². The molecular formula is C28H31FN4O4S. The van der Waals surface area contributed by atoms with Crippen molar-refractivity contribution in [2.24, 2.45) is 5.92 Å². The average Bonchev–Trinajstić information content (AvgIpc) is 3.32. The highest BCUT2D eigenvalue weighted by Gasteiger charge is 2.40. The quantitative estimate of drug-likeness (QED) is 0.456. The van der Waals surface area contributed by atoms with E-state index in [0.717, 1.165) is 11.1 Å². The standard InChI is InChI=1S/C28H31FN4O4S/c1-18-6-10-24(11-7-18)38(36,37)32-20(3)28(35)33-14-12-22(26(33)21-5-4-13-30-16-21)17-31-27(34)25-15-23(29)9-8-19(25)2/h4-11,13,15-16,20,22,26,32H,12,14,17H2,1-3H3,(H,31,34)/t20-,22?,26?/m0/s1. The Bertz CT molecular complexity index is 1410. The number of hydrogen-bond donors (Lipinski definition) is 2. The summed E-state index contributed by atoms with van der Waals surface area (Å²) in [5, 5.41) is 2.89. The lowest BCUT2D eigenvalue weighted by Crippen LogP contribution is -2.47. The Labute approximate surface area is 222 Å². The normalized spacial score (nSPS) is 18.3. The lowest BCUT2D eigenvalue weighted by molar-refractivity contribution is -0.133. The fourth-order valence-corrected chi connectivity index (χ4v) is 5.99. The van der Waals surface area contributed by atoms with E-state index in [1.807, 2.05) is 13.0 Å². The summed E-state index contributed by atoms with van der Waals surface area (Å²) in [6.45, 7) is 5.76. The molecule has 0 spiro atoms. The van der Waals surface area contributed by atoms with Crippen molar-refractivity contribution in [3.8, 4) is 0 Å². The third kappa shape index (κ3) is 6.08. The Morgan fingerprint density at radius 3 is 2.55 bits per heavy atom. The number of carbonyl (C=O) groups excluding carboxylic acids is 2. The number of nitrogens with one attached hydrogen (secondary N) is 2. The maximum Gasteiger partial charge on any atom is 0.251 e. The van der Waals surface area contributed by atoms with Crippen LogP contribution in [-0.4, -0.2) is 49.2 Å². The lowest BCUT2D eigenvalue weighted by Gasteiger charge is -2.31. The van der Waals surface area contributed by atoms with Crippen LogP contribution in [0.25, 0.3) is 0 Å². The van der Waals surface area contributed by atoms with E-state index in [9.17, 15) is 22.4 Å². The maximum atomic E-state index is 13.7. The van der Waals surface area contributed by atoms with E-state index in [1.165, 1.54) is 31.2 Å². The Hall–Kier alpha value is -3.63. The van der Waals surface area contributed by atoms with Crippen molar-refractivity contribution in [2.45, 2.75) is 44.2 Å². The van der Waals surface area contributed by atoms with Crippen molar-refractivity contribution in [3.05, 3.63) is 95.1 Å². The molecule has 2 heterocycles. The number of amides is 2. The van der Waals surface area contributed by atoms with Crippen molar-refractivity contribution in [2.75, 3.05) is 13.1 Å². The second-order valence-electron chi connectivity index (χ2n) is 9.64. The SMILES string of the molecule is Cc1ccc(S(=O)(=O)N[C@@H](C)C(=O)N2CCC(CNC(=O)c3cc(F)ccc3C)C2c2cccnc2)cc1. The largest absolute Gasteiger partial charge is 0.352 e. The lowest BCUT2D eigenvalue weighted by atomic mass is 9.94. The molecule has 0 aliphatic carbocycles. The highest BCUT2D eigenvalue weighted by molar-refractivity contribution is 7.89. The van der Waals surface area contributed by atoms with Crippen LogP contribution in [0.5, 0.6) is 0 Å². The molecule has 1 aromatic heterocycles. The number of aryl methyl sites for hydroxylation is 2. The molecule has 0 radical (unpaired) electrons. The molecule has 1 aliphatic heterocycles. The summed E-state index contributed by atoms with van der Waals surface area (Å²) in [6.07, 6.45) is 3.89. The van der Waals surface area contributed by atoms with Gasteiger partial charge in [-0.3, -0.25) is 14.6 Å². The minimum Gasteiger partial charge on any atom is -0.352 e. The van der Waals surface area contributed by atoms with E-state index in [4.69, 9.17) is 0 Å². The molecule has 4 rings (SSSR count). The van der Waals surface area contributed by atoms with Gasteiger partial charge in [0.2, 0.25) is 15.9 Å². The van der Waals surface area contributed by atoms with Crippen LogP contribution in [0.2, 0.25) is 0 Å².